The highest BCUT2D eigenvalue weighted by Gasteiger charge is 2.29. The molecule has 0 radical (unpaired) electrons. The molecule has 8 nitrogen and oxygen atoms in total. The molecule has 34 heavy (non-hydrogen) atoms. The van der Waals surface area contributed by atoms with E-state index in [2.05, 4.69) is 29.0 Å². The van der Waals surface area contributed by atoms with Crippen molar-refractivity contribution in [3.8, 4) is 11.1 Å². The minimum Gasteiger partial charge on any atom is -0.480 e. The lowest BCUT2D eigenvalue weighted by Crippen LogP contribution is -2.36. The van der Waals surface area contributed by atoms with E-state index in [0.717, 1.165) is 27.2 Å². The van der Waals surface area contributed by atoms with Gasteiger partial charge in [0.15, 0.2) is 0 Å². The molecule has 1 heterocycles. The van der Waals surface area contributed by atoms with E-state index in [9.17, 15) is 14.4 Å². The van der Waals surface area contributed by atoms with Crippen LogP contribution in [0.5, 0.6) is 0 Å². The molecule has 8 heteroatoms. The molecule has 1 aliphatic rings. The predicted octanol–water partition coefficient (Wildman–Crippen LogP) is 4.16. The average Bonchev–Trinajstić information content (AvgIpc) is 3.16. The molecule has 0 bridgehead atoms. The van der Waals surface area contributed by atoms with E-state index in [4.69, 9.17) is 9.84 Å². The Labute approximate surface area is 196 Å². The standard InChI is InChI=1S/C26H23N3O5/c1-2-14-29(15-24(30)31)25(32)22-12-7-13-23(27-22)28-26(33)34-16-21-19-10-5-3-8-17(19)18-9-4-6-11-20(18)21/h2-13,21H,1,14-16H2,(H,30,31)(H,27,28,33). The molecule has 0 spiro atoms. The Balaban J connectivity index is 1.43. The number of amides is 2. The predicted molar refractivity (Wildman–Crippen MR) is 127 cm³/mol. The zero-order valence-electron chi connectivity index (χ0n) is 18.3. The number of hydrogen-bond donors (Lipinski definition) is 2. The van der Waals surface area contributed by atoms with Gasteiger partial charge in [0.25, 0.3) is 5.91 Å². The van der Waals surface area contributed by atoms with Gasteiger partial charge in [-0.2, -0.15) is 0 Å². The van der Waals surface area contributed by atoms with Crippen LogP contribution in [0.4, 0.5) is 10.6 Å². The normalized spacial score (nSPS) is 11.8. The van der Waals surface area contributed by atoms with Gasteiger partial charge in [-0.3, -0.25) is 14.9 Å². The van der Waals surface area contributed by atoms with E-state index < -0.39 is 24.5 Å². The summed E-state index contributed by atoms with van der Waals surface area (Å²) in [6.07, 6.45) is 0.729. The van der Waals surface area contributed by atoms with E-state index in [1.165, 1.54) is 18.2 Å². The number of carbonyl (C=O) groups is 3. The summed E-state index contributed by atoms with van der Waals surface area (Å²) in [6.45, 7) is 3.25. The Kier molecular flexibility index (Phi) is 6.68. The molecule has 0 fully saturated rings. The van der Waals surface area contributed by atoms with Crippen molar-refractivity contribution in [2.24, 2.45) is 0 Å². The van der Waals surface area contributed by atoms with Crippen molar-refractivity contribution in [2.75, 3.05) is 25.0 Å². The maximum atomic E-state index is 12.7. The van der Waals surface area contributed by atoms with Crippen LogP contribution in [-0.4, -0.2) is 52.7 Å². The number of benzene rings is 2. The molecule has 1 aromatic heterocycles. The van der Waals surface area contributed by atoms with Crippen LogP contribution in [0.2, 0.25) is 0 Å². The number of aliphatic carboxylic acids is 1. The summed E-state index contributed by atoms with van der Waals surface area (Å²) in [5, 5.41) is 11.6. The van der Waals surface area contributed by atoms with Crippen LogP contribution < -0.4 is 5.32 Å². The number of anilines is 1. The van der Waals surface area contributed by atoms with Gasteiger partial charge in [0, 0.05) is 12.5 Å². The third-order valence-electron chi connectivity index (χ3n) is 5.50. The quantitative estimate of drug-likeness (QED) is 0.492. The minimum absolute atomic E-state index is 0.000419. The lowest BCUT2D eigenvalue weighted by atomic mass is 9.98. The molecule has 2 amide bonds. The van der Waals surface area contributed by atoms with E-state index >= 15 is 0 Å². The van der Waals surface area contributed by atoms with Crippen molar-refractivity contribution < 1.29 is 24.2 Å². The zero-order valence-corrected chi connectivity index (χ0v) is 18.3. The van der Waals surface area contributed by atoms with Crippen LogP contribution in [0.15, 0.2) is 79.4 Å². The first-order valence-electron chi connectivity index (χ1n) is 10.7. The van der Waals surface area contributed by atoms with Crippen LogP contribution in [0.3, 0.4) is 0 Å². The SMILES string of the molecule is C=CCN(CC(=O)O)C(=O)c1cccc(NC(=O)OCC2c3ccccc3-c3ccccc32)n1. The summed E-state index contributed by atoms with van der Waals surface area (Å²) >= 11 is 0. The maximum Gasteiger partial charge on any atom is 0.412 e. The number of carbonyl (C=O) groups excluding carboxylic acids is 2. The second-order valence-electron chi connectivity index (χ2n) is 7.73. The number of fused-ring (bicyclic) bond motifs is 3. The summed E-state index contributed by atoms with van der Waals surface area (Å²) in [4.78, 5) is 41.4. The van der Waals surface area contributed by atoms with E-state index in [0.29, 0.717) is 0 Å². The molecule has 0 atom stereocenters. The Morgan fingerprint density at radius 1 is 1.00 bits per heavy atom. The molecule has 172 valence electrons. The fourth-order valence-corrected chi connectivity index (χ4v) is 4.06. The van der Waals surface area contributed by atoms with Crippen LogP contribution in [0.25, 0.3) is 11.1 Å². The van der Waals surface area contributed by atoms with Gasteiger partial charge in [0.05, 0.1) is 0 Å². The third-order valence-corrected chi connectivity index (χ3v) is 5.50. The summed E-state index contributed by atoms with van der Waals surface area (Å²) < 4.78 is 5.51. The maximum absolute atomic E-state index is 12.7. The van der Waals surface area contributed by atoms with Crippen molar-refractivity contribution in [1.29, 1.82) is 0 Å². The van der Waals surface area contributed by atoms with Gasteiger partial charge < -0.3 is 14.7 Å². The van der Waals surface area contributed by atoms with Crippen molar-refractivity contribution in [2.45, 2.75) is 5.92 Å². The van der Waals surface area contributed by atoms with Gasteiger partial charge in [-0.05, 0) is 34.4 Å². The van der Waals surface area contributed by atoms with Crippen molar-refractivity contribution in [3.63, 3.8) is 0 Å². The second kappa shape index (κ2) is 9.99. The highest BCUT2D eigenvalue weighted by Crippen LogP contribution is 2.44. The molecule has 2 N–H and O–H groups in total. The van der Waals surface area contributed by atoms with Crippen LogP contribution in [0.1, 0.15) is 27.5 Å². The van der Waals surface area contributed by atoms with Gasteiger partial charge in [-0.1, -0.05) is 60.7 Å². The van der Waals surface area contributed by atoms with Crippen LogP contribution >= 0.6 is 0 Å². The number of hydrogen-bond acceptors (Lipinski definition) is 5. The number of rotatable bonds is 8. The lowest BCUT2D eigenvalue weighted by Gasteiger charge is -2.18. The number of nitrogens with one attached hydrogen (secondary N) is 1. The largest absolute Gasteiger partial charge is 0.480 e. The molecular weight excluding hydrogens is 434 g/mol. The molecule has 2 aromatic carbocycles. The monoisotopic (exact) mass is 457 g/mol. The molecule has 0 saturated carbocycles. The Hall–Kier alpha value is -4.46. The zero-order chi connectivity index (χ0) is 24.1. The lowest BCUT2D eigenvalue weighted by molar-refractivity contribution is -0.137. The number of aromatic nitrogens is 1. The topological polar surface area (TPSA) is 109 Å². The highest BCUT2D eigenvalue weighted by molar-refractivity contribution is 5.95. The molecule has 3 aromatic rings. The van der Waals surface area contributed by atoms with E-state index in [1.54, 1.807) is 6.07 Å². The van der Waals surface area contributed by atoms with E-state index in [1.807, 2.05) is 36.4 Å². The van der Waals surface area contributed by atoms with Gasteiger partial charge in [-0.25, -0.2) is 9.78 Å². The Morgan fingerprint density at radius 2 is 1.65 bits per heavy atom. The van der Waals surface area contributed by atoms with Crippen molar-refractivity contribution in [3.05, 3.63) is 96.2 Å². The number of carboxylic acid groups (broad SMARTS) is 1. The Morgan fingerprint density at radius 3 is 2.26 bits per heavy atom. The molecule has 0 saturated heterocycles. The second-order valence-corrected chi connectivity index (χ2v) is 7.73. The van der Waals surface area contributed by atoms with E-state index in [-0.39, 0.29) is 30.6 Å². The highest BCUT2D eigenvalue weighted by atomic mass is 16.5. The first-order chi connectivity index (χ1) is 16.5. The van der Waals surface area contributed by atoms with Gasteiger partial charge >= 0.3 is 12.1 Å². The van der Waals surface area contributed by atoms with Crippen LogP contribution in [-0.2, 0) is 9.53 Å². The summed E-state index contributed by atoms with van der Waals surface area (Å²) in [6, 6.07) is 20.6. The third kappa shape index (κ3) is 4.80. The summed E-state index contributed by atoms with van der Waals surface area (Å²) in [5.74, 6) is -1.69. The first kappa shape index (κ1) is 22.7. The van der Waals surface area contributed by atoms with Gasteiger partial charge in [0.2, 0.25) is 0 Å². The Bertz CT molecular complexity index is 1210. The number of carboxylic acids is 1. The average molecular weight is 457 g/mol. The summed E-state index contributed by atoms with van der Waals surface area (Å²) in [5.41, 5.74) is 4.46. The minimum atomic E-state index is -1.15. The summed E-state index contributed by atoms with van der Waals surface area (Å²) in [7, 11) is 0. The first-order valence-corrected chi connectivity index (χ1v) is 10.7. The number of nitrogens with zero attached hydrogens (tertiary/aromatic N) is 2. The van der Waals surface area contributed by atoms with Crippen molar-refractivity contribution >= 4 is 23.8 Å². The van der Waals surface area contributed by atoms with Crippen molar-refractivity contribution in [1.82, 2.24) is 9.88 Å². The number of pyridine rings is 1. The molecule has 0 aliphatic heterocycles. The molecule has 0 unspecified atom stereocenters. The number of ether oxygens (including phenoxy) is 1. The van der Waals surface area contributed by atoms with Crippen LogP contribution in [0, 0.1) is 0 Å². The molecular formula is C26H23N3O5. The molecule has 4 rings (SSSR count). The van der Waals surface area contributed by atoms with Gasteiger partial charge in [0.1, 0.15) is 24.7 Å². The van der Waals surface area contributed by atoms with Gasteiger partial charge in [-0.15, -0.1) is 6.58 Å². The smallest absolute Gasteiger partial charge is 0.412 e. The fraction of sp³-hybridized carbons (Fsp3) is 0.154. The fourth-order valence-electron chi connectivity index (χ4n) is 4.06. The molecule has 1 aliphatic carbocycles.